The maximum absolute atomic E-state index is 13.7. The number of anilines is 1. The summed E-state index contributed by atoms with van der Waals surface area (Å²) in [6, 6.07) is 13.7. The average molecular weight is 289 g/mol. The number of alkyl halides is 2. The Kier molecular flexibility index (Phi) is 3.12. The summed E-state index contributed by atoms with van der Waals surface area (Å²) >= 11 is 0. The number of aryl methyl sites for hydroxylation is 1. The van der Waals surface area contributed by atoms with E-state index >= 15 is 0 Å². The second kappa shape index (κ2) is 4.84. The first-order valence-corrected chi connectivity index (χ1v) is 6.51. The zero-order valence-electron chi connectivity index (χ0n) is 11.3. The van der Waals surface area contributed by atoms with Crippen LogP contribution in [0.3, 0.4) is 0 Å². The molecule has 0 radical (unpaired) electrons. The minimum Gasteiger partial charge on any atom is -0.423 e. The van der Waals surface area contributed by atoms with E-state index in [0.717, 1.165) is 16.0 Å². The van der Waals surface area contributed by atoms with Gasteiger partial charge in [0.2, 0.25) is 0 Å². The van der Waals surface area contributed by atoms with Gasteiger partial charge in [0.1, 0.15) is 0 Å². The molecule has 0 atom stereocenters. The van der Waals surface area contributed by atoms with E-state index in [4.69, 9.17) is 0 Å². The Balaban J connectivity index is 1.99. The van der Waals surface area contributed by atoms with Crippen molar-refractivity contribution in [3.05, 3.63) is 59.7 Å². The Hall–Kier alpha value is -2.43. The molecule has 1 aliphatic heterocycles. The highest BCUT2D eigenvalue weighted by molar-refractivity contribution is 6.00. The minimum absolute atomic E-state index is 0.00853. The van der Waals surface area contributed by atoms with Crippen LogP contribution < -0.4 is 9.64 Å². The lowest BCUT2D eigenvalue weighted by Gasteiger charge is -2.33. The van der Waals surface area contributed by atoms with Crippen molar-refractivity contribution in [2.24, 2.45) is 0 Å². The van der Waals surface area contributed by atoms with Crippen molar-refractivity contribution >= 4 is 11.6 Å². The zero-order valence-corrected chi connectivity index (χ0v) is 11.3. The topological polar surface area (TPSA) is 29.5 Å². The van der Waals surface area contributed by atoms with Crippen molar-refractivity contribution in [1.29, 1.82) is 0 Å². The smallest absolute Gasteiger partial charge is 0.423 e. The monoisotopic (exact) mass is 289 g/mol. The van der Waals surface area contributed by atoms with Crippen LogP contribution >= 0.6 is 0 Å². The molecule has 0 aromatic heterocycles. The van der Waals surface area contributed by atoms with E-state index < -0.39 is 12.0 Å². The highest BCUT2D eigenvalue weighted by Gasteiger charge is 2.50. The van der Waals surface area contributed by atoms with E-state index in [1.165, 1.54) is 6.07 Å². The molecular formula is C16H13F2NO2. The zero-order chi connectivity index (χ0) is 15.0. The third-order valence-corrected chi connectivity index (χ3v) is 3.35. The van der Waals surface area contributed by atoms with E-state index in [2.05, 4.69) is 4.74 Å². The molecule has 1 aliphatic rings. The standard InChI is InChI=1S/C16H13F2NO2/c1-11-6-8-12(9-7-11)10-19-13-4-2-3-5-14(13)21-16(17,18)15(19)20/h2-9H,10H2,1H3. The summed E-state index contributed by atoms with van der Waals surface area (Å²) in [4.78, 5) is 13.0. The van der Waals surface area contributed by atoms with Crippen LogP contribution in [0, 0.1) is 6.92 Å². The van der Waals surface area contributed by atoms with E-state index in [1.807, 2.05) is 31.2 Å². The molecule has 0 saturated heterocycles. The number of amides is 1. The summed E-state index contributed by atoms with van der Waals surface area (Å²) in [6.45, 7) is 2.02. The molecule has 2 aromatic carbocycles. The highest BCUT2D eigenvalue weighted by atomic mass is 19.3. The van der Waals surface area contributed by atoms with Gasteiger partial charge in [-0.3, -0.25) is 9.69 Å². The first-order chi connectivity index (χ1) is 9.97. The molecule has 108 valence electrons. The number of hydrogen-bond acceptors (Lipinski definition) is 2. The number of carbonyl (C=O) groups is 1. The molecule has 0 N–H and O–H groups in total. The molecule has 5 heteroatoms. The van der Waals surface area contributed by atoms with Gasteiger partial charge in [0.05, 0.1) is 12.2 Å². The van der Waals surface area contributed by atoms with Crippen LogP contribution in [0.2, 0.25) is 0 Å². The maximum Gasteiger partial charge on any atom is 0.482 e. The van der Waals surface area contributed by atoms with Crippen LogP contribution in [0.15, 0.2) is 48.5 Å². The molecule has 0 saturated carbocycles. The number of ether oxygens (including phenoxy) is 1. The Labute approximate surface area is 120 Å². The van der Waals surface area contributed by atoms with E-state index in [9.17, 15) is 13.6 Å². The molecule has 1 heterocycles. The molecule has 0 fully saturated rings. The number of para-hydroxylation sites is 2. The summed E-state index contributed by atoms with van der Waals surface area (Å²) in [6.07, 6.45) is -3.83. The average Bonchev–Trinajstić information content (AvgIpc) is 2.45. The minimum atomic E-state index is -3.83. The summed E-state index contributed by atoms with van der Waals surface area (Å²) in [7, 11) is 0. The number of fused-ring (bicyclic) bond motifs is 1. The van der Waals surface area contributed by atoms with Gasteiger partial charge >= 0.3 is 12.0 Å². The van der Waals surface area contributed by atoms with E-state index in [-0.39, 0.29) is 12.3 Å². The molecule has 21 heavy (non-hydrogen) atoms. The van der Waals surface area contributed by atoms with Crippen molar-refractivity contribution in [1.82, 2.24) is 0 Å². The van der Waals surface area contributed by atoms with Crippen LogP contribution in [0.1, 0.15) is 11.1 Å². The lowest BCUT2D eigenvalue weighted by atomic mass is 10.1. The second-order valence-corrected chi connectivity index (χ2v) is 4.96. The predicted molar refractivity (Wildman–Crippen MR) is 74.4 cm³/mol. The predicted octanol–water partition coefficient (Wildman–Crippen LogP) is 3.51. The maximum atomic E-state index is 13.7. The SMILES string of the molecule is Cc1ccc(CN2C(=O)C(F)(F)Oc3ccccc32)cc1. The van der Waals surface area contributed by atoms with Gasteiger partial charge in [0.15, 0.2) is 5.75 Å². The van der Waals surface area contributed by atoms with Crippen LogP contribution in [-0.2, 0) is 11.3 Å². The number of hydrogen-bond donors (Lipinski definition) is 0. The van der Waals surface area contributed by atoms with Gasteiger partial charge in [-0.1, -0.05) is 42.0 Å². The third-order valence-electron chi connectivity index (χ3n) is 3.35. The highest BCUT2D eigenvalue weighted by Crippen LogP contribution is 2.39. The summed E-state index contributed by atoms with van der Waals surface area (Å²) in [5.41, 5.74) is 2.20. The molecule has 0 unspecified atom stereocenters. The van der Waals surface area contributed by atoms with Crippen LogP contribution in [0.5, 0.6) is 5.75 Å². The van der Waals surface area contributed by atoms with Crippen molar-refractivity contribution in [3.8, 4) is 5.75 Å². The Morgan fingerprint density at radius 3 is 2.48 bits per heavy atom. The Bertz CT molecular complexity index is 683. The fourth-order valence-electron chi connectivity index (χ4n) is 2.25. The van der Waals surface area contributed by atoms with Gasteiger partial charge < -0.3 is 4.74 Å². The fourth-order valence-corrected chi connectivity index (χ4v) is 2.25. The lowest BCUT2D eigenvalue weighted by molar-refractivity contribution is -0.193. The first kappa shape index (κ1) is 13.5. The number of nitrogens with zero attached hydrogens (tertiary/aromatic N) is 1. The molecule has 2 aromatic rings. The quantitative estimate of drug-likeness (QED) is 0.846. The largest absolute Gasteiger partial charge is 0.482 e. The molecule has 0 bridgehead atoms. The number of halogens is 2. The van der Waals surface area contributed by atoms with Gasteiger partial charge in [-0.2, -0.15) is 8.78 Å². The van der Waals surface area contributed by atoms with Crippen molar-refractivity contribution < 1.29 is 18.3 Å². The number of benzene rings is 2. The van der Waals surface area contributed by atoms with Gasteiger partial charge in [0.25, 0.3) is 0 Å². The van der Waals surface area contributed by atoms with E-state index in [1.54, 1.807) is 18.2 Å². The van der Waals surface area contributed by atoms with Crippen molar-refractivity contribution in [3.63, 3.8) is 0 Å². The van der Waals surface area contributed by atoms with Crippen LogP contribution in [0.4, 0.5) is 14.5 Å². The van der Waals surface area contributed by atoms with Crippen LogP contribution in [-0.4, -0.2) is 12.0 Å². The molecule has 3 nitrogen and oxygen atoms in total. The van der Waals surface area contributed by atoms with Crippen molar-refractivity contribution in [2.45, 2.75) is 19.6 Å². The number of carbonyl (C=O) groups excluding carboxylic acids is 1. The first-order valence-electron chi connectivity index (χ1n) is 6.51. The lowest BCUT2D eigenvalue weighted by Crippen LogP contribution is -2.50. The summed E-state index contributed by atoms with van der Waals surface area (Å²) in [5.74, 6) is -1.34. The normalized spacial score (nSPS) is 16.3. The third kappa shape index (κ3) is 2.46. The molecule has 0 aliphatic carbocycles. The van der Waals surface area contributed by atoms with Gasteiger partial charge in [-0.05, 0) is 24.6 Å². The molecular weight excluding hydrogens is 276 g/mol. The summed E-state index contributed by atoms with van der Waals surface area (Å²) in [5, 5.41) is 0. The summed E-state index contributed by atoms with van der Waals surface area (Å²) < 4.78 is 31.9. The number of rotatable bonds is 2. The van der Waals surface area contributed by atoms with Gasteiger partial charge in [0, 0.05) is 0 Å². The van der Waals surface area contributed by atoms with Gasteiger partial charge in [-0.15, -0.1) is 0 Å². The van der Waals surface area contributed by atoms with Crippen molar-refractivity contribution in [2.75, 3.05) is 4.90 Å². The fraction of sp³-hybridized carbons (Fsp3) is 0.188. The van der Waals surface area contributed by atoms with Gasteiger partial charge in [-0.25, -0.2) is 0 Å². The molecule has 0 spiro atoms. The van der Waals surface area contributed by atoms with Crippen LogP contribution in [0.25, 0.3) is 0 Å². The molecule has 3 rings (SSSR count). The molecule has 1 amide bonds. The Morgan fingerprint density at radius 1 is 1.10 bits per heavy atom. The van der Waals surface area contributed by atoms with E-state index in [0.29, 0.717) is 5.69 Å². The second-order valence-electron chi connectivity index (χ2n) is 4.96. The Morgan fingerprint density at radius 2 is 1.76 bits per heavy atom.